The highest BCUT2D eigenvalue weighted by Gasteiger charge is 2.38. The first-order valence-electron chi connectivity index (χ1n) is 9.12. The Morgan fingerprint density at radius 1 is 1.24 bits per heavy atom. The maximum atomic E-state index is 9.71. The van der Waals surface area contributed by atoms with Crippen molar-refractivity contribution >= 4 is 0 Å². The molecule has 124 valence electrons. The van der Waals surface area contributed by atoms with E-state index in [0.717, 1.165) is 19.0 Å². The fourth-order valence-electron chi connectivity index (χ4n) is 4.33. The van der Waals surface area contributed by atoms with Crippen LogP contribution in [0.2, 0.25) is 0 Å². The van der Waals surface area contributed by atoms with Gasteiger partial charge in [0.15, 0.2) is 0 Å². The van der Waals surface area contributed by atoms with Gasteiger partial charge in [-0.3, -0.25) is 4.90 Å². The van der Waals surface area contributed by atoms with Crippen LogP contribution in [0.15, 0.2) is 0 Å². The van der Waals surface area contributed by atoms with Crippen molar-refractivity contribution in [2.45, 2.75) is 65.3 Å². The molecule has 2 atom stereocenters. The molecule has 0 aromatic heterocycles. The van der Waals surface area contributed by atoms with Gasteiger partial charge in [0.1, 0.15) is 0 Å². The van der Waals surface area contributed by atoms with Gasteiger partial charge in [-0.2, -0.15) is 0 Å². The average Bonchev–Trinajstić information content (AvgIpc) is 2.79. The van der Waals surface area contributed by atoms with Crippen LogP contribution in [0, 0.1) is 17.3 Å². The monoisotopic (exact) mass is 296 g/mol. The summed E-state index contributed by atoms with van der Waals surface area (Å²) < 4.78 is 0. The smallest absolute Gasteiger partial charge is 0.0589 e. The van der Waals surface area contributed by atoms with Gasteiger partial charge < -0.3 is 10.4 Å². The zero-order valence-corrected chi connectivity index (χ0v) is 14.4. The second kappa shape index (κ2) is 7.94. The Kier molecular flexibility index (Phi) is 6.51. The normalized spacial score (nSPS) is 30.1. The summed E-state index contributed by atoms with van der Waals surface area (Å²) in [6.07, 6.45) is 8.15. The average molecular weight is 296 g/mol. The Labute approximate surface area is 131 Å². The number of hydrogen-bond donors (Lipinski definition) is 2. The van der Waals surface area contributed by atoms with Crippen molar-refractivity contribution in [2.75, 3.05) is 32.8 Å². The van der Waals surface area contributed by atoms with E-state index in [1.54, 1.807) is 0 Å². The summed E-state index contributed by atoms with van der Waals surface area (Å²) in [4.78, 5) is 2.59. The molecule has 2 fully saturated rings. The van der Waals surface area contributed by atoms with E-state index < -0.39 is 0 Å². The van der Waals surface area contributed by atoms with Gasteiger partial charge in [-0.05, 0) is 49.6 Å². The third-order valence-corrected chi connectivity index (χ3v) is 5.69. The number of aliphatic hydroxyl groups is 1. The quantitative estimate of drug-likeness (QED) is 0.758. The van der Waals surface area contributed by atoms with Crippen molar-refractivity contribution in [2.24, 2.45) is 17.3 Å². The van der Waals surface area contributed by atoms with E-state index >= 15 is 0 Å². The maximum Gasteiger partial charge on any atom is 0.0589 e. The van der Waals surface area contributed by atoms with E-state index in [4.69, 9.17) is 0 Å². The molecule has 2 unspecified atom stereocenters. The molecule has 0 aromatic rings. The molecule has 0 amide bonds. The van der Waals surface area contributed by atoms with Crippen molar-refractivity contribution in [3.8, 4) is 0 Å². The summed E-state index contributed by atoms with van der Waals surface area (Å²) in [6.45, 7) is 11.8. The molecule has 1 heterocycles. The number of nitrogens with zero attached hydrogens (tertiary/aromatic N) is 1. The van der Waals surface area contributed by atoms with Gasteiger partial charge in [-0.15, -0.1) is 0 Å². The lowest BCUT2D eigenvalue weighted by Crippen LogP contribution is -2.48. The van der Waals surface area contributed by atoms with Crippen LogP contribution in [0.5, 0.6) is 0 Å². The van der Waals surface area contributed by atoms with E-state index in [0.29, 0.717) is 24.0 Å². The lowest BCUT2D eigenvalue weighted by Gasteiger charge is -2.42. The van der Waals surface area contributed by atoms with Crippen LogP contribution in [-0.2, 0) is 0 Å². The minimum atomic E-state index is 0.330. The van der Waals surface area contributed by atoms with Crippen molar-refractivity contribution in [1.29, 1.82) is 0 Å². The molecule has 2 aliphatic rings. The van der Waals surface area contributed by atoms with E-state index in [1.807, 2.05) is 0 Å². The zero-order chi connectivity index (χ0) is 15.3. The summed E-state index contributed by atoms with van der Waals surface area (Å²) in [5.74, 6) is 1.38. The molecule has 2 rings (SSSR count). The number of nitrogens with one attached hydrogen (secondary N) is 1. The van der Waals surface area contributed by atoms with Gasteiger partial charge >= 0.3 is 0 Å². The van der Waals surface area contributed by atoms with Gasteiger partial charge in [0, 0.05) is 19.1 Å². The fraction of sp³-hybridized carbons (Fsp3) is 1.00. The van der Waals surface area contributed by atoms with Crippen LogP contribution in [0.25, 0.3) is 0 Å². The summed E-state index contributed by atoms with van der Waals surface area (Å²) in [6, 6.07) is 0.397. The maximum absolute atomic E-state index is 9.71. The minimum Gasteiger partial charge on any atom is -0.395 e. The summed E-state index contributed by atoms with van der Waals surface area (Å²) in [5, 5.41) is 13.4. The molecular weight excluding hydrogens is 260 g/mol. The number of hydrogen-bond acceptors (Lipinski definition) is 3. The molecule has 0 bridgehead atoms. The molecule has 2 N–H and O–H groups in total. The first kappa shape index (κ1) is 17.2. The predicted molar refractivity (Wildman–Crippen MR) is 89.5 cm³/mol. The van der Waals surface area contributed by atoms with Crippen LogP contribution >= 0.6 is 0 Å². The summed E-state index contributed by atoms with van der Waals surface area (Å²) in [7, 11) is 0. The van der Waals surface area contributed by atoms with E-state index in [-0.39, 0.29) is 0 Å². The highest BCUT2D eigenvalue weighted by atomic mass is 16.3. The van der Waals surface area contributed by atoms with Crippen LogP contribution in [-0.4, -0.2) is 48.8 Å². The van der Waals surface area contributed by atoms with Crippen LogP contribution in [0.1, 0.15) is 59.3 Å². The van der Waals surface area contributed by atoms with Crippen molar-refractivity contribution in [1.82, 2.24) is 10.2 Å². The molecule has 3 nitrogen and oxygen atoms in total. The third-order valence-electron chi connectivity index (χ3n) is 5.69. The molecule has 0 aromatic carbocycles. The Morgan fingerprint density at radius 3 is 2.57 bits per heavy atom. The van der Waals surface area contributed by atoms with E-state index in [9.17, 15) is 5.11 Å². The second-order valence-electron chi connectivity index (χ2n) is 8.07. The first-order chi connectivity index (χ1) is 10.1. The van der Waals surface area contributed by atoms with Gasteiger partial charge in [0.25, 0.3) is 0 Å². The summed E-state index contributed by atoms with van der Waals surface area (Å²) >= 11 is 0. The van der Waals surface area contributed by atoms with Gasteiger partial charge in [-0.25, -0.2) is 0 Å². The van der Waals surface area contributed by atoms with Crippen molar-refractivity contribution in [3.63, 3.8) is 0 Å². The number of likely N-dealkylation sites (tertiary alicyclic amines) is 1. The molecule has 21 heavy (non-hydrogen) atoms. The number of rotatable bonds is 7. The lowest BCUT2D eigenvalue weighted by atomic mass is 9.73. The molecule has 1 saturated carbocycles. The van der Waals surface area contributed by atoms with Crippen LogP contribution in [0.3, 0.4) is 0 Å². The van der Waals surface area contributed by atoms with Crippen LogP contribution < -0.4 is 5.32 Å². The molecule has 3 heteroatoms. The highest BCUT2D eigenvalue weighted by molar-refractivity contribution is 4.93. The molecular formula is C18H36N2O. The third kappa shape index (κ3) is 4.67. The number of aliphatic hydroxyl groups excluding tert-OH is 1. The van der Waals surface area contributed by atoms with E-state index in [2.05, 4.69) is 31.0 Å². The van der Waals surface area contributed by atoms with Gasteiger partial charge in [0.05, 0.1) is 6.61 Å². The lowest BCUT2D eigenvalue weighted by molar-refractivity contribution is 0.0650. The zero-order valence-electron chi connectivity index (χ0n) is 14.4. The van der Waals surface area contributed by atoms with Crippen molar-refractivity contribution < 1.29 is 5.11 Å². The molecule has 1 saturated heterocycles. The molecule has 0 radical (unpaired) electrons. The highest BCUT2D eigenvalue weighted by Crippen LogP contribution is 2.38. The fourth-order valence-corrected chi connectivity index (χ4v) is 4.33. The first-order valence-corrected chi connectivity index (χ1v) is 9.12. The van der Waals surface area contributed by atoms with Crippen molar-refractivity contribution in [3.05, 3.63) is 0 Å². The molecule has 1 aliphatic heterocycles. The topological polar surface area (TPSA) is 35.5 Å². The Bertz CT molecular complexity index is 300. The molecule has 0 spiro atoms. The van der Waals surface area contributed by atoms with Gasteiger partial charge in [0.2, 0.25) is 0 Å². The largest absolute Gasteiger partial charge is 0.395 e. The second-order valence-corrected chi connectivity index (χ2v) is 8.07. The minimum absolute atomic E-state index is 0.330. The molecule has 1 aliphatic carbocycles. The predicted octanol–water partition coefficient (Wildman–Crippen LogP) is 2.89. The Hall–Kier alpha value is -0.120. The van der Waals surface area contributed by atoms with E-state index in [1.165, 1.54) is 51.6 Å². The standard InChI is InChI=1S/C18H36N2O/c1-15(2)11-19-13-18(8-5-4-6-9-18)14-20-10-7-16(3)17(20)12-21/h15-17,19,21H,4-14H2,1-3H3. The van der Waals surface area contributed by atoms with Crippen LogP contribution in [0.4, 0.5) is 0 Å². The Morgan fingerprint density at radius 2 is 1.95 bits per heavy atom. The SMILES string of the molecule is CC(C)CNCC1(CN2CCC(C)C2CO)CCCCC1. The Balaban J connectivity index is 1.95. The van der Waals surface area contributed by atoms with Gasteiger partial charge in [-0.1, -0.05) is 40.0 Å². The summed E-state index contributed by atoms with van der Waals surface area (Å²) in [5.41, 5.74) is 0.449.